The van der Waals surface area contributed by atoms with Crippen molar-refractivity contribution in [2.75, 3.05) is 14.2 Å². The van der Waals surface area contributed by atoms with E-state index in [-0.39, 0.29) is 0 Å². The van der Waals surface area contributed by atoms with Crippen molar-refractivity contribution >= 4 is 0 Å². The number of para-hydroxylation sites is 1. The molecule has 2 aromatic rings. The van der Waals surface area contributed by atoms with Crippen molar-refractivity contribution in [1.82, 2.24) is 0 Å². The third-order valence-corrected chi connectivity index (χ3v) is 2.99. The van der Waals surface area contributed by atoms with E-state index in [0.29, 0.717) is 33.8 Å². The first-order valence-electron chi connectivity index (χ1n) is 5.91. The molecule has 0 amide bonds. The minimum Gasteiger partial charge on any atom is -0.495 e. The quantitative estimate of drug-likeness (QED) is 0.854. The van der Waals surface area contributed by atoms with Crippen LogP contribution in [-0.2, 0) is 0 Å². The number of nitriles is 2. The second-order valence-electron chi connectivity index (χ2n) is 3.99. The van der Waals surface area contributed by atoms with E-state index in [1.54, 1.807) is 30.3 Å². The van der Waals surface area contributed by atoms with E-state index in [2.05, 4.69) is 12.1 Å². The van der Waals surface area contributed by atoms with Gasteiger partial charge in [0.25, 0.3) is 0 Å². The van der Waals surface area contributed by atoms with Gasteiger partial charge in [0.2, 0.25) is 0 Å². The molecule has 0 aliphatic heterocycles. The highest BCUT2D eigenvalue weighted by Crippen LogP contribution is 2.37. The zero-order valence-corrected chi connectivity index (χ0v) is 11.2. The summed E-state index contributed by atoms with van der Waals surface area (Å²) >= 11 is 0. The third kappa shape index (κ3) is 2.15. The molecule has 0 spiro atoms. The fraction of sp³-hybridized carbons (Fsp3) is 0.125. The summed E-state index contributed by atoms with van der Waals surface area (Å²) in [6.45, 7) is 0. The maximum Gasteiger partial charge on any atom is 0.144 e. The number of rotatable bonds is 3. The van der Waals surface area contributed by atoms with Gasteiger partial charge in [-0.05, 0) is 12.1 Å². The molecule has 0 radical (unpaired) electrons. The molecule has 0 N–H and O–H groups in total. The number of ether oxygens (including phenoxy) is 2. The highest BCUT2D eigenvalue weighted by molar-refractivity contribution is 5.80. The topological polar surface area (TPSA) is 66.0 Å². The van der Waals surface area contributed by atoms with Crippen molar-refractivity contribution in [1.29, 1.82) is 10.5 Å². The lowest BCUT2D eigenvalue weighted by atomic mass is 9.97. The van der Waals surface area contributed by atoms with Crippen molar-refractivity contribution in [2.24, 2.45) is 0 Å². The molecule has 0 atom stereocenters. The summed E-state index contributed by atoms with van der Waals surface area (Å²) in [5.74, 6) is 0.953. The number of methoxy groups -OCH3 is 2. The Hall–Kier alpha value is -2.98. The Morgan fingerprint density at radius 3 is 2.15 bits per heavy atom. The lowest BCUT2D eigenvalue weighted by molar-refractivity contribution is 0.412. The molecule has 0 aromatic heterocycles. The Balaban J connectivity index is 2.77. The molecule has 0 heterocycles. The van der Waals surface area contributed by atoms with E-state index in [1.165, 1.54) is 14.2 Å². The predicted molar refractivity (Wildman–Crippen MR) is 74.4 cm³/mol. The summed E-state index contributed by atoms with van der Waals surface area (Å²) in [6, 6.07) is 14.8. The van der Waals surface area contributed by atoms with Gasteiger partial charge in [0.05, 0.1) is 19.8 Å². The van der Waals surface area contributed by atoms with Crippen LogP contribution in [0.5, 0.6) is 11.5 Å². The summed E-state index contributed by atoms with van der Waals surface area (Å²) in [5.41, 5.74) is 2.22. The van der Waals surface area contributed by atoms with E-state index < -0.39 is 0 Å². The molecule has 0 aliphatic carbocycles. The standard InChI is InChI=1S/C16H12N2O2/c1-19-15-8-4-6-12(14(15)10-18)13-7-3-5-11(9-17)16(13)20-2/h3-8H,1-2H3. The molecule has 2 rings (SSSR count). The van der Waals surface area contributed by atoms with Crippen molar-refractivity contribution in [3.8, 4) is 34.8 Å². The second kappa shape index (κ2) is 5.77. The third-order valence-electron chi connectivity index (χ3n) is 2.99. The maximum absolute atomic E-state index is 9.35. The average molecular weight is 264 g/mol. The van der Waals surface area contributed by atoms with Gasteiger partial charge in [0, 0.05) is 11.1 Å². The first kappa shape index (κ1) is 13.5. The lowest BCUT2D eigenvalue weighted by Gasteiger charge is -2.13. The molecule has 98 valence electrons. The number of nitrogens with zero attached hydrogens (tertiary/aromatic N) is 2. The monoisotopic (exact) mass is 264 g/mol. The first-order chi connectivity index (χ1) is 9.76. The van der Waals surface area contributed by atoms with E-state index in [4.69, 9.17) is 14.7 Å². The molecule has 0 aliphatic rings. The van der Waals surface area contributed by atoms with E-state index in [1.807, 2.05) is 6.07 Å². The number of benzene rings is 2. The molecule has 0 fully saturated rings. The molecular weight excluding hydrogens is 252 g/mol. The summed E-state index contributed by atoms with van der Waals surface area (Å²) in [7, 11) is 3.02. The van der Waals surface area contributed by atoms with Gasteiger partial charge < -0.3 is 9.47 Å². The minimum atomic E-state index is 0.420. The zero-order valence-electron chi connectivity index (χ0n) is 11.2. The van der Waals surface area contributed by atoms with Crippen LogP contribution in [0.2, 0.25) is 0 Å². The SMILES string of the molecule is COc1cccc(-c2cccc(C#N)c2OC)c1C#N. The molecule has 20 heavy (non-hydrogen) atoms. The summed E-state index contributed by atoms with van der Waals surface area (Å²) in [6.07, 6.45) is 0. The van der Waals surface area contributed by atoms with Crippen LogP contribution >= 0.6 is 0 Å². The Kier molecular flexibility index (Phi) is 3.88. The van der Waals surface area contributed by atoms with Crippen molar-refractivity contribution in [3.05, 3.63) is 47.5 Å². The van der Waals surface area contributed by atoms with Crippen LogP contribution in [0.3, 0.4) is 0 Å². The minimum absolute atomic E-state index is 0.420. The van der Waals surface area contributed by atoms with Crippen LogP contribution in [-0.4, -0.2) is 14.2 Å². The van der Waals surface area contributed by atoms with Crippen LogP contribution in [0.15, 0.2) is 36.4 Å². The fourth-order valence-electron chi connectivity index (χ4n) is 2.10. The summed E-state index contributed by atoms with van der Waals surface area (Å²) in [4.78, 5) is 0. The molecule has 4 nitrogen and oxygen atoms in total. The Bertz CT molecular complexity index is 724. The number of hydrogen-bond acceptors (Lipinski definition) is 4. The second-order valence-corrected chi connectivity index (χ2v) is 3.99. The van der Waals surface area contributed by atoms with Crippen molar-refractivity contribution in [3.63, 3.8) is 0 Å². The Labute approximate surface area is 117 Å². The van der Waals surface area contributed by atoms with E-state index in [9.17, 15) is 5.26 Å². The lowest BCUT2D eigenvalue weighted by Crippen LogP contribution is -1.95. The largest absolute Gasteiger partial charge is 0.495 e. The van der Waals surface area contributed by atoms with Gasteiger partial charge >= 0.3 is 0 Å². The van der Waals surface area contributed by atoms with Gasteiger partial charge in [-0.1, -0.05) is 24.3 Å². The fourth-order valence-corrected chi connectivity index (χ4v) is 2.10. The van der Waals surface area contributed by atoms with Gasteiger partial charge in [-0.2, -0.15) is 10.5 Å². The molecular formula is C16H12N2O2. The number of hydrogen-bond donors (Lipinski definition) is 0. The molecule has 2 aromatic carbocycles. The maximum atomic E-state index is 9.35. The van der Waals surface area contributed by atoms with E-state index >= 15 is 0 Å². The normalized spacial score (nSPS) is 9.40. The zero-order chi connectivity index (χ0) is 14.5. The summed E-state index contributed by atoms with van der Waals surface area (Å²) in [5, 5.41) is 18.5. The molecule has 0 saturated heterocycles. The smallest absolute Gasteiger partial charge is 0.144 e. The molecule has 0 unspecified atom stereocenters. The molecule has 0 bridgehead atoms. The Morgan fingerprint density at radius 1 is 0.850 bits per heavy atom. The van der Waals surface area contributed by atoms with Crippen LogP contribution in [0, 0.1) is 22.7 Å². The summed E-state index contributed by atoms with van der Waals surface area (Å²) < 4.78 is 10.5. The molecule has 0 saturated carbocycles. The van der Waals surface area contributed by atoms with E-state index in [0.717, 1.165) is 0 Å². The van der Waals surface area contributed by atoms with Gasteiger partial charge in [-0.25, -0.2) is 0 Å². The van der Waals surface area contributed by atoms with Gasteiger partial charge in [-0.3, -0.25) is 0 Å². The highest BCUT2D eigenvalue weighted by atomic mass is 16.5. The Morgan fingerprint density at radius 2 is 1.55 bits per heavy atom. The average Bonchev–Trinajstić information content (AvgIpc) is 2.52. The van der Waals surface area contributed by atoms with Gasteiger partial charge in [0.15, 0.2) is 0 Å². The van der Waals surface area contributed by atoms with Gasteiger partial charge in [0.1, 0.15) is 29.2 Å². The van der Waals surface area contributed by atoms with Crippen molar-refractivity contribution < 1.29 is 9.47 Å². The van der Waals surface area contributed by atoms with Crippen molar-refractivity contribution in [2.45, 2.75) is 0 Å². The first-order valence-corrected chi connectivity index (χ1v) is 5.91. The van der Waals surface area contributed by atoms with Crippen LogP contribution in [0.25, 0.3) is 11.1 Å². The predicted octanol–water partition coefficient (Wildman–Crippen LogP) is 3.11. The van der Waals surface area contributed by atoms with Gasteiger partial charge in [-0.15, -0.1) is 0 Å². The highest BCUT2D eigenvalue weighted by Gasteiger charge is 2.16. The van der Waals surface area contributed by atoms with Crippen LogP contribution < -0.4 is 9.47 Å². The van der Waals surface area contributed by atoms with Crippen LogP contribution in [0.1, 0.15) is 11.1 Å². The molecule has 4 heteroatoms. The van der Waals surface area contributed by atoms with Crippen LogP contribution in [0.4, 0.5) is 0 Å².